The van der Waals surface area contributed by atoms with Crippen molar-refractivity contribution in [2.45, 2.75) is 78.1 Å². The lowest BCUT2D eigenvalue weighted by Crippen LogP contribution is -2.23. The SMILES string of the molecule is CCCCCCc1cc(-c2cc(C(N)=O)c3c(C(N)=O)cc(-c4cc(CCCCCC)c(Br)s4)c(C(N)=O)c3c2C(N)=O)sc1Br. The first-order chi connectivity index (χ1) is 21.9. The molecule has 2 aromatic carbocycles. The fourth-order valence-electron chi connectivity index (χ4n) is 5.83. The number of rotatable bonds is 16. The number of amides is 4. The zero-order chi connectivity index (χ0) is 33.7. The van der Waals surface area contributed by atoms with Gasteiger partial charge in [0, 0.05) is 42.8 Å². The molecule has 4 rings (SSSR count). The highest BCUT2D eigenvalue weighted by atomic mass is 79.9. The number of hydrogen-bond donors (Lipinski definition) is 4. The molecule has 4 amide bonds. The van der Waals surface area contributed by atoms with E-state index >= 15 is 0 Å². The Hall–Kier alpha value is -3.06. The van der Waals surface area contributed by atoms with Gasteiger partial charge >= 0.3 is 0 Å². The molecule has 0 aliphatic rings. The van der Waals surface area contributed by atoms with E-state index in [-0.39, 0.29) is 33.0 Å². The van der Waals surface area contributed by atoms with E-state index in [0.29, 0.717) is 20.9 Å². The molecule has 8 nitrogen and oxygen atoms in total. The number of primary amides is 4. The normalized spacial score (nSPS) is 11.3. The highest BCUT2D eigenvalue weighted by Gasteiger charge is 2.30. The number of carbonyl (C=O) groups is 4. The van der Waals surface area contributed by atoms with Gasteiger partial charge in [0.25, 0.3) is 0 Å². The largest absolute Gasteiger partial charge is 0.366 e. The Labute approximate surface area is 293 Å². The van der Waals surface area contributed by atoms with E-state index in [1.54, 1.807) is 0 Å². The van der Waals surface area contributed by atoms with Crippen molar-refractivity contribution in [1.29, 1.82) is 0 Å². The Balaban J connectivity index is 2.07. The van der Waals surface area contributed by atoms with E-state index in [0.717, 1.165) is 82.9 Å². The van der Waals surface area contributed by atoms with Crippen molar-refractivity contribution >= 4 is 88.9 Å². The third-order valence-corrected chi connectivity index (χ3v) is 12.1. The highest BCUT2D eigenvalue weighted by molar-refractivity contribution is 9.11. The molecule has 0 unspecified atom stereocenters. The molecule has 2 aromatic heterocycles. The molecular formula is C34H38Br2N4O4S2. The molecule has 12 heteroatoms. The lowest BCUT2D eigenvalue weighted by molar-refractivity contribution is 0.0984. The number of thiophene rings is 2. The number of fused-ring (bicyclic) bond motifs is 1. The lowest BCUT2D eigenvalue weighted by atomic mass is 9.84. The molecule has 46 heavy (non-hydrogen) atoms. The van der Waals surface area contributed by atoms with Crippen LogP contribution in [0.2, 0.25) is 0 Å². The second kappa shape index (κ2) is 15.7. The highest BCUT2D eigenvalue weighted by Crippen LogP contribution is 2.46. The van der Waals surface area contributed by atoms with Crippen molar-refractivity contribution in [3.8, 4) is 20.9 Å². The summed E-state index contributed by atoms with van der Waals surface area (Å²) in [5.41, 5.74) is 26.4. The van der Waals surface area contributed by atoms with Gasteiger partial charge in [-0.3, -0.25) is 19.2 Å². The van der Waals surface area contributed by atoms with Crippen LogP contribution >= 0.6 is 54.5 Å². The Morgan fingerprint density at radius 2 is 0.957 bits per heavy atom. The van der Waals surface area contributed by atoms with Crippen LogP contribution < -0.4 is 22.9 Å². The molecule has 0 spiro atoms. The average Bonchev–Trinajstić information content (AvgIpc) is 3.56. The van der Waals surface area contributed by atoms with Crippen molar-refractivity contribution in [3.63, 3.8) is 0 Å². The quantitative estimate of drug-likeness (QED) is 0.0835. The van der Waals surface area contributed by atoms with Gasteiger partial charge in [-0.15, -0.1) is 22.7 Å². The first-order valence-electron chi connectivity index (χ1n) is 15.3. The molecule has 4 aromatic rings. The number of unbranched alkanes of at least 4 members (excludes halogenated alkanes) is 6. The van der Waals surface area contributed by atoms with E-state index in [1.807, 2.05) is 12.1 Å². The Morgan fingerprint density at radius 1 is 0.565 bits per heavy atom. The number of halogens is 2. The monoisotopic (exact) mass is 788 g/mol. The minimum atomic E-state index is -0.864. The summed E-state index contributed by atoms with van der Waals surface area (Å²) in [6.07, 6.45) is 10.3. The van der Waals surface area contributed by atoms with Gasteiger partial charge < -0.3 is 22.9 Å². The van der Waals surface area contributed by atoms with Crippen LogP contribution in [-0.4, -0.2) is 23.6 Å². The first-order valence-corrected chi connectivity index (χ1v) is 18.6. The number of nitrogens with two attached hydrogens (primary N) is 4. The third-order valence-electron chi connectivity index (χ3n) is 8.07. The Morgan fingerprint density at radius 3 is 1.28 bits per heavy atom. The molecule has 0 bridgehead atoms. The molecular weight excluding hydrogens is 752 g/mol. The van der Waals surface area contributed by atoms with E-state index in [4.69, 9.17) is 22.9 Å². The third kappa shape index (κ3) is 7.56. The maximum atomic E-state index is 13.4. The maximum Gasteiger partial charge on any atom is 0.250 e. The lowest BCUT2D eigenvalue weighted by Gasteiger charge is -2.19. The van der Waals surface area contributed by atoms with Crippen LogP contribution in [0.1, 0.15) is 118 Å². The summed E-state index contributed by atoms with van der Waals surface area (Å²) in [6.45, 7) is 4.31. The number of carbonyl (C=O) groups excluding carboxylic acids is 4. The van der Waals surface area contributed by atoms with E-state index in [2.05, 4.69) is 45.7 Å². The van der Waals surface area contributed by atoms with Gasteiger partial charge in [0.1, 0.15) is 0 Å². The fourth-order valence-corrected chi connectivity index (χ4v) is 9.42. The van der Waals surface area contributed by atoms with Crippen LogP contribution in [0, 0.1) is 0 Å². The number of benzene rings is 2. The van der Waals surface area contributed by atoms with Gasteiger partial charge in [-0.2, -0.15) is 0 Å². The minimum absolute atomic E-state index is 0.0133. The molecule has 0 fully saturated rings. The molecule has 8 N–H and O–H groups in total. The van der Waals surface area contributed by atoms with Crippen molar-refractivity contribution in [2.24, 2.45) is 22.9 Å². The Kier molecular flexibility index (Phi) is 12.2. The summed E-state index contributed by atoms with van der Waals surface area (Å²) in [7, 11) is 0. The summed E-state index contributed by atoms with van der Waals surface area (Å²) in [6, 6.07) is 6.81. The Bertz CT molecular complexity index is 1700. The molecule has 0 aliphatic carbocycles. The zero-order valence-electron chi connectivity index (χ0n) is 25.9. The van der Waals surface area contributed by atoms with Crippen LogP contribution in [0.4, 0.5) is 0 Å². The van der Waals surface area contributed by atoms with E-state index in [9.17, 15) is 19.2 Å². The van der Waals surface area contributed by atoms with Gasteiger partial charge in [0.2, 0.25) is 23.6 Å². The maximum absolute atomic E-state index is 13.4. The van der Waals surface area contributed by atoms with Crippen LogP contribution in [0.25, 0.3) is 31.7 Å². The van der Waals surface area contributed by atoms with E-state index in [1.165, 1.54) is 34.8 Å². The van der Waals surface area contributed by atoms with Crippen molar-refractivity contribution < 1.29 is 19.2 Å². The predicted octanol–water partition coefficient (Wildman–Crippen LogP) is 8.46. The number of aryl methyl sites for hydroxylation is 2. The first kappa shape index (κ1) is 35.8. The molecule has 0 radical (unpaired) electrons. The van der Waals surface area contributed by atoms with Gasteiger partial charge in [0.05, 0.1) is 18.7 Å². The summed E-state index contributed by atoms with van der Waals surface area (Å²) in [4.78, 5) is 54.0. The van der Waals surface area contributed by atoms with Crippen molar-refractivity contribution in [2.75, 3.05) is 0 Å². The topological polar surface area (TPSA) is 172 Å². The van der Waals surface area contributed by atoms with Crippen molar-refractivity contribution in [1.82, 2.24) is 0 Å². The molecule has 0 aliphatic heterocycles. The summed E-state index contributed by atoms with van der Waals surface area (Å²) in [5.74, 6) is -3.44. The van der Waals surface area contributed by atoms with Gasteiger partial charge in [-0.1, -0.05) is 52.4 Å². The minimum Gasteiger partial charge on any atom is -0.366 e. The molecule has 0 atom stereocenters. The zero-order valence-corrected chi connectivity index (χ0v) is 30.7. The summed E-state index contributed by atoms with van der Waals surface area (Å²) >= 11 is 10.1. The standard InChI is InChI=1S/C34H38Br2N4O4S2/c1-3-5-7-9-11-17-13-23(45-29(17)35)19-15-21(31(37)41)25-22(32(38)42)16-20(27(34(40)44)28(25)26(19)33(39)43)24-14-18(30(36)46-24)12-10-8-6-4-2/h13-16H,3-12H2,1-2H3,(H2,37,41)(H2,38,42)(H2,39,43)(H2,40,44). The van der Waals surface area contributed by atoms with Gasteiger partial charge in [-0.25, -0.2) is 0 Å². The average molecular weight is 791 g/mol. The van der Waals surface area contributed by atoms with Crippen LogP contribution in [0.15, 0.2) is 31.8 Å². The van der Waals surface area contributed by atoms with Crippen LogP contribution in [0.5, 0.6) is 0 Å². The van der Waals surface area contributed by atoms with Gasteiger partial charge in [0.15, 0.2) is 0 Å². The fraction of sp³-hybridized carbons (Fsp3) is 0.353. The second-order valence-electron chi connectivity index (χ2n) is 11.3. The second-order valence-corrected chi connectivity index (χ2v) is 16.1. The number of hydrogen-bond acceptors (Lipinski definition) is 6. The van der Waals surface area contributed by atoms with Gasteiger partial charge in [-0.05, 0) is 92.9 Å². The summed E-state index contributed by atoms with van der Waals surface area (Å²) < 4.78 is 1.76. The molecule has 244 valence electrons. The smallest absolute Gasteiger partial charge is 0.250 e. The molecule has 2 heterocycles. The summed E-state index contributed by atoms with van der Waals surface area (Å²) in [5, 5.41) is -0.0402. The predicted molar refractivity (Wildman–Crippen MR) is 196 cm³/mol. The van der Waals surface area contributed by atoms with Crippen LogP contribution in [-0.2, 0) is 12.8 Å². The van der Waals surface area contributed by atoms with E-state index < -0.39 is 23.6 Å². The molecule has 0 saturated carbocycles. The van der Waals surface area contributed by atoms with Crippen LogP contribution in [0.3, 0.4) is 0 Å². The molecule has 0 saturated heterocycles. The van der Waals surface area contributed by atoms with Crippen molar-refractivity contribution in [3.05, 3.63) is 65.2 Å².